The van der Waals surface area contributed by atoms with E-state index in [1.807, 2.05) is 48.5 Å². The number of benzene rings is 1. The van der Waals surface area contributed by atoms with Gasteiger partial charge in [0, 0.05) is 18.3 Å². The van der Waals surface area contributed by atoms with E-state index in [1.165, 1.54) is 0 Å². The van der Waals surface area contributed by atoms with Crippen molar-refractivity contribution in [1.82, 2.24) is 19.9 Å². The van der Waals surface area contributed by atoms with E-state index in [0.717, 1.165) is 39.6 Å². The van der Waals surface area contributed by atoms with Gasteiger partial charge in [0.05, 0.1) is 22.4 Å². The second kappa shape index (κ2) is 5.06. The summed E-state index contributed by atoms with van der Waals surface area (Å²) in [5.41, 5.74) is 4.11. The topological polar surface area (TPSA) is 72.9 Å². The first kappa shape index (κ1) is 13.1. The number of nitrogens with zero attached hydrogens (tertiary/aromatic N) is 3. The summed E-state index contributed by atoms with van der Waals surface area (Å²) in [4.78, 5) is 16.9. The lowest BCUT2D eigenvalue weighted by atomic mass is 10.2. The Morgan fingerprint density at radius 2 is 1.67 bits per heavy atom. The van der Waals surface area contributed by atoms with Crippen molar-refractivity contribution in [3.8, 4) is 34.4 Å². The number of H-pyrrole nitrogens is 1. The van der Waals surface area contributed by atoms with Crippen molar-refractivity contribution in [2.24, 2.45) is 0 Å². The summed E-state index contributed by atoms with van der Waals surface area (Å²) in [6.07, 6.45) is 1.76. The van der Waals surface area contributed by atoms with Crippen LogP contribution < -0.4 is 9.47 Å². The molecule has 1 aromatic carbocycles. The molecule has 5 rings (SSSR count). The summed E-state index contributed by atoms with van der Waals surface area (Å²) in [5, 5.41) is 0. The number of pyridine rings is 2. The summed E-state index contributed by atoms with van der Waals surface area (Å²) < 4.78 is 10.8. The van der Waals surface area contributed by atoms with Crippen LogP contribution in [0.15, 0.2) is 54.7 Å². The normalized spacial score (nSPS) is 12.7. The Bertz CT molecular complexity index is 1000. The van der Waals surface area contributed by atoms with E-state index < -0.39 is 0 Å². The monoisotopic (exact) mass is 316 g/mol. The van der Waals surface area contributed by atoms with Crippen molar-refractivity contribution in [2.75, 3.05) is 6.79 Å². The molecular formula is C18H12N4O2. The molecular weight excluding hydrogens is 304 g/mol. The minimum absolute atomic E-state index is 0.252. The molecule has 0 bridgehead atoms. The van der Waals surface area contributed by atoms with Gasteiger partial charge in [-0.05, 0) is 24.3 Å². The third-order valence-electron chi connectivity index (χ3n) is 3.90. The molecule has 6 heteroatoms. The molecule has 4 heterocycles. The van der Waals surface area contributed by atoms with Gasteiger partial charge in [-0.25, -0.2) is 9.97 Å². The van der Waals surface area contributed by atoms with Crippen molar-refractivity contribution in [1.29, 1.82) is 0 Å². The van der Waals surface area contributed by atoms with Crippen molar-refractivity contribution in [3.63, 3.8) is 0 Å². The average Bonchev–Trinajstić information content (AvgIpc) is 3.26. The van der Waals surface area contributed by atoms with Gasteiger partial charge in [0.25, 0.3) is 0 Å². The number of imidazole rings is 1. The number of fused-ring (bicyclic) bond motifs is 2. The van der Waals surface area contributed by atoms with Gasteiger partial charge in [-0.1, -0.05) is 12.1 Å². The zero-order valence-corrected chi connectivity index (χ0v) is 12.6. The lowest BCUT2D eigenvalue weighted by molar-refractivity contribution is 0.174. The fraction of sp³-hybridized carbons (Fsp3) is 0.0556. The number of nitrogens with one attached hydrogen (secondary N) is 1. The van der Waals surface area contributed by atoms with Gasteiger partial charge in [0.2, 0.25) is 6.79 Å². The van der Waals surface area contributed by atoms with Crippen LogP contribution in [0.3, 0.4) is 0 Å². The Hall–Kier alpha value is -3.41. The molecule has 0 atom stereocenters. The zero-order chi connectivity index (χ0) is 15.9. The summed E-state index contributed by atoms with van der Waals surface area (Å²) in [6.45, 7) is 0.252. The molecule has 6 nitrogen and oxygen atoms in total. The number of hydrogen-bond acceptors (Lipinski definition) is 5. The predicted octanol–water partition coefficient (Wildman–Crippen LogP) is 3.42. The smallest absolute Gasteiger partial charge is 0.231 e. The van der Waals surface area contributed by atoms with Crippen LogP contribution in [0.5, 0.6) is 11.5 Å². The Kier molecular flexibility index (Phi) is 2.75. The maximum absolute atomic E-state index is 5.40. The average molecular weight is 316 g/mol. The molecule has 4 aromatic rings. The number of aromatic nitrogens is 4. The molecule has 0 spiro atoms. The summed E-state index contributed by atoms with van der Waals surface area (Å²) in [5.74, 6) is 2.15. The first-order valence-electron chi connectivity index (χ1n) is 7.55. The molecule has 116 valence electrons. The van der Waals surface area contributed by atoms with Gasteiger partial charge >= 0.3 is 0 Å². The molecule has 1 aliphatic rings. The van der Waals surface area contributed by atoms with Crippen molar-refractivity contribution in [3.05, 3.63) is 54.7 Å². The van der Waals surface area contributed by atoms with Gasteiger partial charge in [0.15, 0.2) is 17.3 Å². The van der Waals surface area contributed by atoms with Crippen molar-refractivity contribution in [2.45, 2.75) is 0 Å². The minimum Gasteiger partial charge on any atom is -0.454 e. The van der Waals surface area contributed by atoms with Crippen LogP contribution in [0.2, 0.25) is 0 Å². The van der Waals surface area contributed by atoms with Crippen LogP contribution in [0.25, 0.3) is 33.9 Å². The van der Waals surface area contributed by atoms with Crippen LogP contribution in [-0.4, -0.2) is 26.7 Å². The van der Waals surface area contributed by atoms with E-state index >= 15 is 0 Å². The second-order valence-electron chi connectivity index (χ2n) is 5.43. The fourth-order valence-electron chi connectivity index (χ4n) is 2.74. The molecule has 1 N–H and O–H groups in total. The zero-order valence-electron chi connectivity index (χ0n) is 12.6. The van der Waals surface area contributed by atoms with Crippen LogP contribution in [0, 0.1) is 0 Å². The lowest BCUT2D eigenvalue weighted by Crippen LogP contribution is -1.93. The summed E-state index contributed by atoms with van der Waals surface area (Å²) >= 11 is 0. The molecule has 0 aliphatic carbocycles. The largest absolute Gasteiger partial charge is 0.454 e. The maximum atomic E-state index is 5.40. The molecule has 0 fully saturated rings. The number of rotatable bonds is 2. The van der Waals surface area contributed by atoms with E-state index in [9.17, 15) is 0 Å². The molecule has 0 radical (unpaired) electrons. The standard InChI is InChI=1S/C18H12N4O2/c1-2-7-19-11(4-1)12-5-3-6-13(20-12)18-21-14-8-16-17(24-10-23-16)9-15(14)22-18/h1-9H,10H2,(H,21,22). The Morgan fingerprint density at radius 1 is 0.833 bits per heavy atom. The highest BCUT2D eigenvalue weighted by Gasteiger charge is 2.17. The SMILES string of the molecule is c1ccc(-c2cccc(-c3nc4cc5c(cc4[nH]3)OCO5)n2)nc1. The van der Waals surface area contributed by atoms with Crippen LogP contribution in [-0.2, 0) is 0 Å². The van der Waals surface area contributed by atoms with Crippen LogP contribution in [0.4, 0.5) is 0 Å². The highest BCUT2D eigenvalue weighted by molar-refractivity contribution is 5.83. The number of hydrogen-bond donors (Lipinski definition) is 1. The van der Waals surface area contributed by atoms with E-state index in [1.54, 1.807) is 6.20 Å². The van der Waals surface area contributed by atoms with Crippen molar-refractivity contribution >= 4 is 11.0 Å². The van der Waals surface area contributed by atoms with Gasteiger partial charge in [0.1, 0.15) is 5.69 Å². The van der Waals surface area contributed by atoms with E-state index in [-0.39, 0.29) is 6.79 Å². The van der Waals surface area contributed by atoms with Crippen LogP contribution in [0.1, 0.15) is 0 Å². The van der Waals surface area contributed by atoms with Gasteiger partial charge in [-0.15, -0.1) is 0 Å². The fourth-order valence-corrected chi connectivity index (χ4v) is 2.74. The minimum atomic E-state index is 0.252. The van der Waals surface area contributed by atoms with E-state index in [2.05, 4.69) is 19.9 Å². The molecule has 0 saturated carbocycles. The molecule has 0 unspecified atom stereocenters. The molecule has 0 saturated heterocycles. The Labute approximate surface area is 137 Å². The summed E-state index contributed by atoms with van der Waals surface area (Å²) in [7, 11) is 0. The first-order chi connectivity index (χ1) is 11.9. The molecule has 0 amide bonds. The number of aromatic amines is 1. The molecule has 24 heavy (non-hydrogen) atoms. The third kappa shape index (κ3) is 2.08. The highest BCUT2D eigenvalue weighted by atomic mass is 16.7. The maximum Gasteiger partial charge on any atom is 0.231 e. The Morgan fingerprint density at radius 3 is 2.54 bits per heavy atom. The molecule has 3 aromatic heterocycles. The summed E-state index contributed by atoms with van der Waals surface area (Å²) in [6, 6.07) is 15.3. The highest BCUT2D eigenvalue weighted by Crippen LogP contribution is 2.36. The van der Waals surface area contributed by atoms with Gasteiger partial charge < -0.3 is 14.5 Å². The van der Waals surface area contributed by atoms with Gasteiger partial charge in [-0.2, -0.15) is 0 Å². The lowest BCUT2D eigenvalue weighted by Gasteiger charge is -2.01. The molecule has 1 aliphatic heterocycles. The van der Waals surface area contributed by atoms with Crippen molar-refractivity contribution < 1.29 is 9.47 Å². The van der Waals surface area contributed by atoms with E-state index in [4.69, 9.17) is 9.47 Å². The van der Waals surface area contributed by atoms with Crippen LogP contribution >= 0.6 is 0 Å². The number of ether oxygens (including phenoxy) is 2. The predicted molar refractivity (Wildman–Crippen MR) is 88.7 cm³/mol. The first-order valence-corrected chi connectivity index (χ1v) is 7.55. The quantitative estimate of drug-likeness (QED) is 0.613. The third-order valence-corrected chi connectivity index (χ3v) is 3.90. The van der Waals surface area contributed by atoms with Gasteiger partial charge in [-0.3, -0.25) is 4.98 Å². The van der Waals surface area contributed by atoms with E-state index in [0.29, 0.717) is 5.82 Å². The second-order valence-corrected chi connectivity index (χ2v) is 5.43. The Balaban J connectivity index is 1.60.